The van der Waals surface area contributed by atoms with E-state index in [0.717, 1.165) is 17.4 Å². The van der Waals surface area contributed by atoms with Crippen LogP contribution in [0.15, 0.2) is 36.4 Å². The van der Waals surface area contributed by atoms with Gasteiger partial charge in [0.1, 0.15) is 17.5 Å². The second kappa shape index (κ2) is 9.17. The molecule has 8 heteroatoms. The maximum Gasteiger partial charge on any atom is 0.248 e. The van der Waals surface area contributed by atoms with Crippen LogP contribution < -0.4 is 19.1 Å². The number of aryl methyl sites for hydroxylation is 2. The number of rotatable bonds is 8. The van der Waals surface area contributed by atoms with Crippen molar-refractivity contribution < 1.29 is 22.7 Å². The minimum atomic E-state index is -3.71. The summed E-state index contributed by atoms with van der Waals surface area (Å²) in [7, 11) is -0.694. The van der Waals surface area contributed by atoms with Crippen molar-refractivity contribution in [2.24, 2.45) is 0 Å². The Morgan fingerprint density at radius 1 is 1.07 bits per heavy atom. The number of carbonyl (C=O) groups excluding carboxylic acids is 1. The molecule has 0 spiro atoms. The van der Waals surface area contributed by atoms with Crippen LogP contribution in [0.1, 0.15) is 24.5 Å². The molecule has 0 saturated carbocycles. The average molecular weight is 421 g/mol. The summed E-state index contributed by atoms with van der Waals surface area (Å²) in [6.07, 6.45) is 1.39. The SMILES string of the molecule is CCC(C(=O)Nc1cc(OC)ccc1OC)N(c1ccc(C)c(C)c1)S(C)(=O)=O. The van der Waals surface area contributed by atoms with Crippen LogP contribution in [0, 0.1) is 13.8 Å². The van der Waals surface area contributed by atoms with Gasteiger partial charge < -0.3 is 14.8 Å². The van der Waals surface area contributed by atoms with E-state index in [1.165, 1.54) is 18.5 Å². The van der Waals surface area contributed by atoms with Gasteiger partial charge in [-0.15, -0.1) is 0 Å². The van der Waals surface area contributed by atoms with Gasteiger partial charge in [-0.3, -0.25) is 9.10 Å². The quantitative estimate of drug-likeness (QED) is 0.706. The molecule has 1 N–H and O–H groups in total. The summed E-state index contributed by atoms with van der Waals surface area (Å²) in [5.41, 5.74) is 2.85. The molecule has 7 nitrogen and oxygen atoms in total. The highest BCUT2D eigenvalue weighted by Crippen LogP contribution is 2.30. The number of methoxy groups -OCH3 is 2. The van der Waals surface area contributed by atoms with E-state index in [1.54, 1.807) is 37.3 Å². The molecular formula is C21H28N2O5S. The largest absolute Gasteiger partial charge is 0.497 e. The smallest absolute Gasteiger partial charge is 0.248 e. The van der Waals surface area contributed by atoms with Gasteiger partial charge in [0, 0.05) is 6.07 Å². The molecule has 29 heavy (non-hydrogen) atoms. The minimum absolute atomic E-state index is 0.290. The highest BCUT2D eigenvalue weighted by Gasteiger charge is 2.32. The lowest BCUT2D eigenvalue weighted by Crippen LogP contribution is -2.47. The second-order valence-corrected chi connectivity index (χ2v) is 8.67. The number of hydrogen-bond donors (Lipinski definition) is 1. The second-order valence-electron chi connectivity index (χ2n) is 6.81. The molecule has 2 aromatic carbocycles. The number of benzene rings is 2. The first-order chi connectivity index (χ1) is 13.6. The fraction of sp³-hybridized carbons (Fsp3) is 0.381. The molecule has 2 rings (SSSR count). The van der Waals surface area contributed by atoms with Crippen LogP contribution in [-0.4, -0.2) is 40.8 Å². The fourth-order valence-electron chi connectivity index (χ4n) is 3.05. The van der Waals surface area contributed by atoms with Crippen LogP contribution in [0.3, 0.4) is 0 Å². The molecule has 0 radical (unpaired) electrons. The lowest BCUT2D eigenvalue weighted by atomic mass is 10.1. The third-order valence-corrected chi connectivity index (χ3v) is 5.92. The molecule has 1 atom stereocenters. The molecule has 0 aromatic heterocycles. The highest BCUT2D eigenvalue weighted by molar-refractivity contribution is 7.92. The molecule has 0 heterocycles. The Kier molecular flexibility index (Phi) is 7.13. The number of amides is 1. The third-order valence-electron chi connectivity index (χ3n) is 4.74. The standard InChI is InChI=1S/C21H28N2O5S/c1-7-19(21(24)22-18-13-17(27-4)10-11-20(18)28-5)23(29(6,25)26)16-9-8-14(2)15(3)12-16/h8-13,19H,7H2,1-6H3,(H,22,24). The number of anilines is 2. The zero-order valence-corrected chi connectivity index (χ0v) is 18.5. The summed E-state index contributed by atoms with van der Waals surface area (Å²) in [5.74, 6) is 0.539. The van der Waals surface area contributed by atoms with Crippen molar-refractivity contribution in [3.63, 3.8) is 0 Å². The summed E-state index contributed by atoms with van der Waals surface area (Å²) in [5, 5.41) is 2.79. The first kappa shape index (κ1) is 22.5. The van der Waals surface area contributed by atoms with Gasteiger partial charge in [0.05, 0.1) is 31.9 Å². The maximum absolute atomic E-state index is 13.1. The molecule has 2 aromatic rings. The molecule has 158 valence electrons. The Balaban J connectivity index is 2.45. The van der Waals surface area contributed by atoms with Crippen LogP contribution in [0.2, 0.25) is 0 Å². The van der Waals surface area contributed by atoms with Crippen molar-refractivity contribution in [3.05, 3.63) is 47.5 Å². The fourth-order valence-corrected chi connectivity index (χ4v) is 4.25. The van der Waals surface area contributed by atoms with E-state index >= 15 is 0 Å². The Hall–Kier alpha value is -2.74. The molecule has 1 unspecified atom stereocenters. The van der Waals surface area contributed by atoms with E-state index in [9.17, 15) is 13.2 Å². The summed E-state index contributed by atoms with van der Waals surface area (Å²) in [4.78, 5) is 13.1. The zero-order chi connectivity index (χ0) is 21.8. The topological polar surface area (TPSA) is 84.9 Å². The maximum atomic E-state index is 13.1. The predicted molar refractivity (Wildman–Crippen MR) is 115 cm³/mol. The van der Waals surface area contributed by atoms with Crippen molar-refractivity contribution >= 4 is 27.3 Å². The Bertz CT molecular complexity index is 989. The number of nitrogens with one attached hydrogen (secondary N) is 1. The van der Waals surface area contributed by atoms with E-state index in [0.29, 0.717) is 22.9 Å². The molecular weight excluding hydrogens is 392 g/mol. The molecule has 0 aliphatic carbocycles. The van der Waals surface area contributed by atoms with Crippen LogP contribution in [0.5, 0.6) is 11.5 Å². The lowest BCUT2D eigenvalue weighted by Gasteiger charge is -2.30. The van der Waals surface area contributed by atoms with Gasteiger partial charge in [-0.2, -0.15) is 0 Å². The van der Waals surface area contributed by atoms with E-state index in [4.69, 9.17) is 9.47 Å². The van der Waals surface area contributed by atoms with Gasteiger partial charge in [0.15, 0.2) is 0 Å². The van der Waals surface area contributed by atoms with E-state index < -0.39 is 22.0 Å². The molecule has 0 fully saturated rings. The Labute approximate surface area is 172 Å². The molecule has 0 aliphatic heterocycles. The number of carbonyl (C=O) groups is 1. The van der Waals surface area contributed by atoms with Gasteiger partial charge in [-0.25, -0.2) is 8.42 Å². The van der Waals surface area contributed by atoms with Gasteiger partial charge >= 0.3 is 0 Å². The van der Waals surface area contributed by atoms with E-state index in [1.807, 2.05) is 19.9 Å². The van der Waals surface area contributed by atoms with Crippen molar-refractivity contribution in [3.8, 4) is 11.5 Å². The van der Waals surface area contributed by atoms with Crippen molar-refractivity contribution in [2.75, 3.05) is 30.1 Å². The first-order valence-electron chi connectivity index (χ1n) is 9.21. The van der Waals surface area contributed by atoms with Gasteiger partial charge in [0.25, 0.3) is 0 Å². The lowest BCUT2D eigenvalue weighted by molar-refractivity contribution is -0.117. The van der Waals surface area contributed by atoms with E-state index in [2.05, 4.69) is 5.32 Å². The van der Waals surface area contributed by atoms with Crippen LogP contribution in [-0.2, 0) is 14.8 Å². The monoisotopic (exact) mass is 420 g/mol. The summed E-state index contributed by atoms with van der Waals surface area (Å²) in [6, 6.07) is 9.42. The molecule has 0 saturated heterocycles. The van der Waals surface area contributed by atoms with Crippen molar-refractivity contribution in [1.82, 2.24) is 0 Å². The summed E-state index contributed by atoms with van der Waals surface area (Å²) < 4.78 is 36.9. The Morgan fingerprint density at radius 3 is 2.28 bits per heavy atom. The molecule has 0 aliphatic rings. The summed E-state index contributed by atoms with van der Waals surface area (Å²) >= 11 is 0. The number of hydrogen-bond acceptors (Lipinski definition) is 5. The van der Waals surface area contributed by atoms with Gasteiger partial charge in [-0.1, -0.05) is 13.0 Å². The van der Waals surface area contributed by atoms with Crippen LogP contribution in [0.25, 0.3) is 0 Å². The van der Waals surface area contributed by atoms with Gasteiger partial charge in [0.2, 0.25) is 15.9 Å². The minimum Gasteiger partial charge on any atom is -0.497 e. The average Bonchev–Trinajstić information content (AvgIpc) is 2.67. The predicted octanol–water partition coefficient (Wildman–Crippen LogP) is 3.50. The van der Waals surface area contributed by atoms with Gasteiger partial charge in [-0.05, 0) is 55.7 Å². The summed E-state index contributed by atoms with van der Waals surface area (Å²) in [6.45, 7) is 5.62. The first-order valence-corrected chi connectivity index (χ1v) is 11.1. The van der Waals surface area contributed by atoms with Crippen molar-refractivity contribution in [1.29, 1.82) is 0 Å². The van der Waals surface area contributed by atoms with Crippen molar-refractivity contribution in [2.45, 2.75) is 33.2 Å². The number of ether oxygens (including phenoxy) is 2. The third kappa shape index (κ3) is 5.20. The van der Waals surface area contributed by atoms with Crippen LogP contribution >= 0.6 is 0 Å². The Morgan fingerprint density at radius 2 is 1.76 bits per heavy atom. The molecule has 0 bridgehead atoms. The number of nitrogens with zero attached hydrogens (tertiary/aromatic N) is 1. The van der Waals surface area contributed by atoms with E-state index in [-0.39, 0.29) is 6.42 Å². The highest BCUT2D eigenvalue weighted by atomic mass is 32.2. The zero-order valence-electron chi connectivity index (χ0n) is 17.6. The normalized spacial score (nSPS) is 12.2. The van der Waals surface area contributed by atoms with Crippen LogP contribution in [0.4, 0.5) is 11.4 Å². The number of sulfonamides is 1. The molecule has 1 amide bonds.